The molecule has 2 rings (SSSR count). The molecule has 0 atom stereocenters. The smallest absolute Gasteiger partial charge is 0.253 e. The zero-order valence-corrected chi connectivity index (χ0v) is 14.3. The number of nitrogens with one attached hydrogen (secondary N) is 1. The minimum Gasteiger partial charge on any atom is -0.253 e. The third-order valence-electron chi connectivity index (χ3n) is 2.08. The molecule has 0 fully saturated rings. The summed E-state index contributed by atoms with van der Waals surface area (Å²) in [7, 11) is -3.56. The van der Waals surface area contributed by atoms with Crippen molar-refractivity contribution in [1.29, 1.82) is 0 Å². The van der Waals surface area contributed by atoms with Crippen molar-refractivity contribution in [3.05, 3.63) is 20.9 Å². The van der Waals surface area contributed by atoms with E-state index >= 15 is 0 Å². The first-order chi connectivity index (χ1) is 8.87. The Morgan fingerprint density at radius 3 is 2.63 bits per heavy atom. The molecule has 0 aromatic carbocycles. The van der Waals surface area contributed by atoms with E-state index in [2.05, 4.69) is 44.7 Å². The summed E-state index contributed by atoms with van der Waals surface area (Å²) in [5.74, 6) is 0.464. The van der Waals surface area contributed by atoms with Gasteiger partial charge >= 0.3 is 0 Å². The van der Waals surface area contributed by atoms with Crippen LogP contribution >= 0.6 is 38.6 Å². The SMILES string of the molecule is CC(C)Cc1nnc(NS(=O)(=O)c2ccc(Br)s2)s1. The van der Waals surface area contributed by atoms with Gasteiger partial charge in [0.05, 0.1) is 3.79 Å². The van der Waals surface area contributed by atoms with Crippen molar-refractivity contribution < 1.29 is 8.42 Å². The lowest BCUT2D eigenvalue weighted by Gasteiger charge is -2.01. The van der Waals surface area contributed by atoms with Crippen LogP contribution in [-0.2, 0) is 16.4 Å². The minimum atomic E-state index is -3.56. The maximum atomic E-state index is 12.1. The molecular weight excluding hydrogens is 370 g/mol. The predicted octanol–water partition coefficient (Wildman–Crippen LogP) is 3.36. The van der Waals surface area contributed by atoms with E-state index in [1.54, 1.807) is 12.1 Å². The van der Waals surface area contributed by atoms with E-state index in [1.807, 2.05) is 0 Å². The second-order valence-electron chi connectivity index (χ2n) is 4.26. The number of nitrogens with zero attached hydrogens (tertiary/aromatic N) is 2. The lowest BCUT2D eigenvalue weighted by Crippen LogP contribution is -2.11. The average Bonchev–Trinajstić information content (AvgIpc) is 2.87. The van der Waals surface area contributed by atoms with E-state index < -0.39 is 10.0 Å². The minimum absolute atomic E-state index is 0.250. The second kappa shape index (κ2) is 5.86. The molecule has 0 aliphatic rings. The van der Waals surface area contributed by atoms with Crippen molar-refractivity contribution in [2.45, 2.75) is 24.5 Å². The van der Waals surface area contributed by atoms with E-state index in [1.165, 1.54) is 11.3 Å². The van der Waals surface area contributed by atoms with Crippen molar-refractivity contribution in [2.24, 2.45) is 5.92 Å². The molecule has 0 saturated heterocycles. The normalized spacial score (nSPS) is 12.0. The summed E-state index contributed by atoms with van der Waals surface area (Å²) in [6.45, 7) is 4.16. The van der Waals surface area contributed by atoms with Gasteiger partial charge in [-0.05, 0) is 34.0 Å². The molecule has 2 aromatic heterocycles. The number of hydrogen-bond donors (Lipinski definition) is 1. The topological polar surface area (TPSA) is 72.0 Å². The van der Waals surface area contributed by atoms with Gasteiger partial charge in [-0.3, -0.25) is 4.72 Å². The van der Waals surface area contributed by atoms with E-state index in [-0.39, 0.29) is 4.21 Å². The van der Waals surface area contributed by atoms with E-state index in [0.29, 0.717) is 11.0 Å². The van der Waals surface area contributed by atoms with Crippen LogP contribution in [0.1, 0.15) is 18.9 Å². The summed E-state index contributed by atoms with van der Waals surface area (Å²) in [4.78, 5) is 0. The van der Waals surface area contributed by atoms with Gasteiger partial charge in [-0.2, -0.15) is 0 Å². The summed E-state index contributed by atoms with van der Waals surface area (Å²) in [5.41, 5.74) is 0. The van der Waals surface area contributed by atoms with Gasteiger partial charge in [0.15, 0.2) is 0 Å². The summed E-state index contributed by atoms with van der Waals surface area (Å²) in [6.07, 6.45) is 0.796. The molecule has 0 amide bonds. The first-order valence-electron chi connectivity index (χ1n) is 5.47. The zero-order chi connectivity index (χ0) is 14.0. The number of rotatable bonds is 5. The van der Waals surface area contributed by atoms with Crippen LogP contribution in [0.5, 0.6) is 0 Å². The highest BCUT2D eigenvalue weighted by Gasteiger charge is 2.19. The number of halogens is 1. The van der Waals surface area contributed by atoms with Gasteiger partial charge in [-0.1, -0.05) is 25.2 Å². The highest BCUT2D eigenvalue weighted by atomic mass is 79.9. The lowest BCUT2D eigenvalue weighted by molar-refractivity contribution is 0.603. The molecule has 0 unspecified atom stereocenters. The van der Waals surface area contributed by atoms with Gasteiger partial charge in [0.2, 0.25) is 5.13 Å². The summed E-state index contributed by atoms with van der Waals surface area (Å²) >= 11 is 5.67. The number of anilines is 1. The Balaban J connectivity index is 2.14. The van der Waals surface area contributed by atoms with Gasteiger partial charge in [0, 0.05) is 6.42 Å². The van der Waals surface area contributed by atoms with Gasteiger partial charge in [-0.15, -0.1) is 21.5 Å². The first kappa shape index (κ1) is 14.9. The molecule has 1 N–H and O–H groups in total. The van der Waals surface area contributed by atoms with Crippen molar-refractivity contribution in [3.8, 4) is 0 Å². The number of aromatic nitrogens is 2. The highest BCUT2D eigenvalue weighted by molar-refractivity contribution is 9.11. The molecule has 19 heavy (non-hydrogen) atoms. The fourth-order valence-corrected chi connectivity index (χ4v) is 5.53. The Kier molecular flexibility index (Phi) is 4.59. The van der Waals surface area contributed by atoms with Crippen LogP contribution in [0.2, 0.25) is 0 Å². The van der Waals surface area contributed by atoms with Crippen molar-refractivity contribution in [3.63, 3.8) is 0 Å². The molecule has 5 nitrogen and oxygen atoms in total. The number of thiophene rings is 1. The average molecular weight is 382 g/mol. The van der Waals surface area contributed by atoms with E-state index in [9.17, 15) is 8.42 Å². The maximum Gasteiger partial charge on any atom is 0.273 e. The molecule has 0 aliphatic carbocycles. The molecular formula is C10H12BrN3O2S3. The van der Waals surface area contributed by atoms with Crippen LogP contribution in [0.25, 0.3) is 0 Å². The monoisotopic (exact) mass is 381 g/mol. The quantitative estimate of drug-likeness (QED) is 0.861. The summed E-state index contributed by atoms with van der Waals surface area (Å²) in [6, 6.07) is 3.25. The van der Waals surface area contributed by atoms with Crippen LogP contribution in [0.15, 0.2) is 20.1 Å². The molecule has 0 bridgehead atoms. The third-order valence-corrected chi connectivity index (χ3v) is 6.53. The van der Waals surface area contributed by atoms with Gasteiger partial charge < -0.3 is 0 Å². The molecule has 0 saturated carbocycles. The summed E-state index contributed by atoms with van der Waals surface area (Å²) < 4.78 is 27.6. The zero-order valence-electron chi connectivity index (χ0n) is 10.3. The van der Waals surface area contributed by atoms with Crippen molar-refractivity contribution >= 4 is 53.8 Å². The van der Waals surface area contributed by atoms with E-state index in [4.69, 9.17) is 0 Å². The second-order valence-corrected chi connectivity index (χ2v) is 9.70. The van der Waals surface area contributed by atoms with Crippen LogP contribution in [0.4, 0.5) is 5.13 Å². The molecule has 0 aliphatic heterocycles. The Hall–Kier alpha value is -0.510. The Bertz CT molecular complexity index is 663. The molecule has 104 valence electrons. The van der Waals surface area contributed by atoms with Gasteiger partial charge in [0.25, 0.3) is 10.0 Å². The predicted molar refractivity (Wildman–Crippen MR) is 81.3 cm³/mol. The fraction of sp³-hybridized carbons (Fsp3) is 0.400. The van der Waals surface area contributed by atoms with Gasteiger partial charge in [-0.25, -0.2) is 8.42 Å². The Morgan fingerprint density at radius 2 is 2.05 bits per heavy atom. The molecule has 0 spiro atoms. The molecule has 2 heterocycles. The first-order valence-corrected chi connectivity index (χ1v) is 9.38. The Morgan fingerprint density at radius 1 is 1.32 bits per heavy atom. The lowest BCUT2D eigenvalue weighted by atomic mass is 10.1. The molecule has 2 aromatic rings. The maximum absolute atomic E-state index is 12.1. The van der Waals surface area contributed by atoms with Crippen LogP contribution in [-0.4, -0.2) is 18.6 Å². The van der Waals surface area contributed by atoms with Crippen molar-refractivity contribution in [1.82, 2.24) is 10.2 Å². The fourth-order valence-electron chi connectivity index (χ4n) is 1.33. The van der Waals surface area contributed by atoms with E-state index in [0.717, 1.165) is 26.6 Å². The Labute approximate surface area is 128 Å². The largest absolute Gasteiger partial charge is 0.273 e. The van der Waals surface area contributed by atoms with Crippen LogP contribution in [0.3, 0.4) is 0 Å². The summed E-state index contributed by atoms with van der Waals surface area (Å²) in [5, 5.41) is 8.97. The van der Waals surface area contributed by atoms with Crippen LogP contribution in [0, 0.1) is 5.92 Å². The number of sulfonamides is 1. The molecule has 0 radical (unpaired) electrons. The molecule has 9 heteroatoms. The number of hydrogen-bond acceptors (Lipinski definition) is 6. The highest BCUT2D eigenvalue weighted by Crippen LogP contribution is 2.28. The van der Waals surface area contributed by atoms with Crippen molar-refractivity contribution in [2.75, 3.05) is 4.72 Å². The third kappa shape index (κ3) is 3.98. The standard InChI is InChI=1S/C10H12BrN3O2S3/c1-6(2)5-8-12-13-10(18-8)14-19(15,16)9-4-3-7(11)17-9/h3-4,6H,5H2,1-2H3,(H,13,14). The van der Waals surface area contributed by atoms with Crippen LogP contribution < -0.4 is 4.72 Å². The van der Waals surface area contributed by atoms with Gasteiger partial charge in [0.1, 0.15) is 9.22 Å².